The van der Waals surface area contributed by atoms with E-state index in [2.05, 4.69) is 25.5 Å². The SMILES string of the molecule is Cc1nn(C)c2ncc(NC(=O)CCc3nc(-c4ccc(F)cc4)no3)cc12. The standard InChI is InChI=1S/C19H17FN6O2/c1-11-15-9-14(10-21-19(15)26(2)24-11)22-16(27)7-8-17-23-18(25-28-17)12-3-5-13(20)6-4-12/h3-6,9-10H,7-8H2,1-2H3,(H,22,27). The van der Waals surface area contributed by atoms with Crippen LogP contribution in [0.4, 0.5) is 10.1 Å². The second-order valence-electron chi connectivity index (χ2n) is 6.37. The van der Waals surface area contributed by atoms with Crippen LogP contribution in [-0.4, -0.2) is 30.8 Å². The van der Waals surface area contributed by atoms with Crippen LogP contribution < -0.4 is 5.32 Å². The summed E-state index contributed by atoms with van der Waals surface area (Å²) in [5, 5.41) is 11.9. The summed E-state index contributed by atoms with van der Waals surface area (Å²) in [4.78, 5) is 20.8. The number of aromatic nitrogens is 5. The van der Waals surface area contributed by atoms with E-state index in [9.17, 15) is 9.18 Å². The first kappa shape index (κ1) is 17.8. The van der Waals surface area contributed by atoms with Crippen LogP contribution in [-0.2, 0) is 18.3 Å². The smallest absolute Gasteiger partial charge is 0.227 e. The van der Waals surface area contributed by atoms with Gasteiger partial charge in [-0.1, -0.05) is 5.16 Å². The molecule has 0 aliphatic carbocycles. The van der Waals surface area contributed by atoms with Crippen molar-refractivity contribution >= 4 is 22.6 Å². The van der Waals surface area contributed by atoms with Crippen molar-refractivity contribution in [1.82, 2.24) is 24.9 Å². The first-order valence-electron chi connectivity index (χ1n) is 8.67. The summed E-state index contributed by atoms with van der Waals surface area (Å²) >= 11 is 0. The van der Waals surface area contributed by atoms with Gasteiger partial charge in [-0.2, -0.15) is 10.1 Å². The summed E-state index contributed by atoms with van der Waals surface area (Å²) < 4.78 is 19.9. The summed E-state index contributed by atoms with van der Waals surface area (Å²) in [6, 6.07) is 7.64. The first-order valence-corrected chi connectivity index (χ1v) is 8.67. The van der Waals surface area contributed by atoms with Gasteiger partial charge in [-0.05, 0) is 37.3 Å². The number of fused-ring (bicyclic) bond motifs is 1. The summed E-state index contributed by atoms with van der Waals surface area (Å²) in [5.74, 6) is 0.172. The highest BCUT2D eigenvalue weighted by molar-refractivity contribution is 5.93. The second kappa shape index (κ2) is 7.18. The molecule has 0 saturated heterocycles. The minimum absolute atomic E-state index is 0.176. The molecule has 0 spiro atoms. The topological polar surface area (TPSA) is 98.7 Å². The highest BCUT2D eigenvalue weighted by atomic mass is 19.1. The second-order valence-corrected chi connectivity index (χ2v) is 6.37. The van der Waals surface area contributed by atoms with Gasteiger partial charge in [0.15, 0.2) is 5.65 Å². The molecule has 8 nitrogen and oxygen atoms in total. The first-order chi connectivity index (χ1) is 13.5. The Morgan fingerprint density at radius 3 is 2.86 bits per heavy atom. The lowest BCUT2D eigenvalue weighted by atomic mass is 10.2. The number of pyridine rings is 1. The number of rotatable bonds is 5. The van der Waals surface area contributed by atoms with E-state index >= 15 is 0 Å². The fourth-order valence-electron chi connectivity index (χ4n) is 2.89. The van der Waals surface area contributed by atoms with Gasteiger partial charge in [0.05, 0.1) is 17.6 Å². The van der Waals surface area contributed by atoms with Crippen molar-refractivity contribution in [2.24, 2.45) is 7.05 Å². The third-order valence-corrected chi connectivity index (χ3v) is 4.28. The summed E-state index contributed by atoms with van der Waals surface area (Å²) in [5.41, 5.74) is 2.85. The van der Waals surface area contributed by atoms with Gasteiger partial charge in [0.25, 0.3) is 0 Å². The number of aryl methyl sites for hydroxylation is 3. The van der Waals surface area contributed by atoms with Crippen LogP contribution in [0.2, 0.25) is 0 Å². The molecule has 3 aromatic heterocycles. The Labute approximate surface area is 159 Å². The van der Waals surface area contributed by atoms with Gasteiger partial charge >= 0.3 is 0 Å². The molecule has 0 radical (unpaired) electrons. The average Bonchev–Trinajstić information content (AvgIpc) is 3.26. The van der Waals surface area contributed by atoms with Crippen LogP contribution in [0.25, 0.3) is 22.4 Å². The molecule has 1 aromatic carbocycles. The van der Waals surface area contributed by atoms with Gasteiger partial charge in [-0.3, -0.25) is 9.48 Å². The van der Waals surface area contributed by atoms with Crippen LogP contribution in [0.3, 0.4) is 0 Å². The minimum Gasteiger partial charge on any atom is -0.339 e. The lowest BCUT2D eigenvalue weighted by molar-refractivity contribution is -0.116. The van der Waals surface area contributed by atoms with E-state index < -0.39 is 0 Å². The molecular weight excluding hydrogens is 363 g/mol. The molecule has 0 unspecified atom stereocenters. The molecule has 4 aromatic rings. The summed E-state index contributed by atoms with van der Waals surface area (Å²) in [6.45, 7) is 1.89. The molecule has 0 saturated carbocycles. The number of nitrogens with one attached hydrogen (secondary N) is 1. The van der Waals surface area contributed by atoms with Crippen LogP contribution in [0, 0.1) is 12.7 Å². The Kier molecular flexibility index (Phi) is 4.56. The molecule has 142 valence electrons. The number of hydrogen-bond acceptors (Lipinski definition) is 6. The molecule has 1 N–H and O–H groups in total. The normalized spacial score (nSPS) is 11.1. The van der Waals surface area contributed by atoms with Crippen LogP contribution >= 0.6 is 0 Å². The van der Waals surface area contributed by atoms with Crippen LogP contribution in [0.15, 0.2) is 41.1 Å². The fraction of sp³-hybridized carbons (Fsp3) is 0.211. The highest BCUT2D eigenvalue weighted by Crippen LogP contribution is 2.20. The zero-order chi connectivity index (χ0) is 19.7. The largest absolute Gasteiger partial charge is 0.339 e. The van der Waals surface area contributed by atoms with Gasteiger partial charge in [-0.25, -0.2) is 9.37 Å². The van der Waals surface area contributed by atoms with Crippen molar-refractivity contribution in [3.05, 3.63) is 53.9 Å². The zero-order valence-electron chi connectivity index (χ0n) is 15.3. The van der Waals surface area contributed by atoms with Crippen molar-refractivity contribution in [2.45, 2.75) is 19.8 Å². The van der Waals surface area contributed by atoms with Crippen molar-refractivity contribution in [1.29, 1.82) is 0 Å². The molecule has 3 heterocycles. The molecule has 9 heteroatoms. The molecule has 4 rings (SSSR count). The number of halogens is 1. The van der Waals surface area contributed by atoms with E-state index in [0.29, 0.717) is 29.4 Å². The van der Waals surface area contributed by atoms with Gasteiger partial charge in [0.2, 0.25) is 17.6 Å². The Hall–Kier alpha value is -3.62. The molecule has 0 aliphatic heterocycles. The summed E-state index contributed by atoms with van der Waals surface area (Å²) in [7, 11) is 1.82. The van der Waals surface area contributed by atoms with Crippen molar-refractivity contribution < 1.29 is 13.7 Å². The predicted molar refractivity (Wildman–Crippen MR) is 99.9 cm³/mol. The van der Waals surface area contributed by atoms with E-state index in [4.69, 9.17) is 4.52 Å². The molecule has 28 heavy (non-hydrogen) atoms. The minimum atomic E-state index is -0.335. The number of carbonyl (C=O) groups is 1. The van der Waals surface area contributed by atoms with E-state index in [1.54, 1.807) is 23.0 Å². The zero-order valence-corrected chi connectivity index (χ0v) is 15.3. The third-order valence-electron chi connectivity index (χ3n) is 4.28. The Balaban J connectivity index is 1.38. The summed E-state index contributed by atoms with van der Waals surface area (Å²) in [6.07, 6.45) is 2.07. The maximum Gasteiger partial charge on any atom is 0.227 e. The Bertz CT molecular complexity index is 1150. The van der Waals surface area contributed by atoms with E-state index in [-0.39, 0.29) is 18.1 Å². The number of benzene rings is 1. The molecule has 0 aliphatic rings. The lowest BCUT2D eigenvalue weighted by Crippen LogP contribution is -2.12. The number of carbonyl (C=O) groups excluding carboxylic acids is 1. The molecule has 1 amide bonds. The predicted octanol–water partition coefficient (Wildman–Crippen LogP) is 3.04. The fourth-order valence-corrected chi connectivity index (χ4v) is 2.89. The van der Waals surface area contributed by atoms with Crippen molar-refractivity contribution in [3.63, 3.8) is 0 Å². The third kappa shape index (κ3) is 3.59. The van der Waals surface area contributed by atoms with E-state index in [1.165, 1.54) is 12.1 Å². The van der Waals surface area contributed by atoms with Gasteiger partial charge < -0.3 is 9.84 Å². The van der Waals surface area contributed by atoms with Crippen molar-refractivity contribution in [3.8, 4) is 11.4 Å². The average molecular weight is 380 g/mol. The number of anilines is 1. The van der Waals surface area contributed by atoms with Gasteiger partial charge in [0.1, 0.15) is 5.82 Å². The number of hydrogen-bond donors (Lipinski definition) is 1. The molecule has 0 atom stereocenters. The number of nitrogens with zero attached hydrogens (tertiary/aromatic N) is 5. The Morgan fingerprint density at radius 1 is 1.29 bits per heavy atom. The molecule has 0 bridgehead atoms. The number of amides is 1. The highest BCUT2D eigenvalue weighted by Gasteiger charge is 2.12. The van der Waals surface area contributed by atoms with Gasteiger partial charge in [-0.15, -0.1) is 0 Å². The van der Waals surface area contributed by atoms with E-state index in [1.807, 2.05) is 20.0 Å². The van der Waals surface area contributed by atoms with E-state index in [0.717, 1.165) is 16.7 Å². The molecular formula is C19H17FN6O2. The Morgan fingerprint density at radius 2 is 2.07 bits per heavy atom. The van der Waals surface area contributed by atoms with Crippen LogP contribution in [0.1, 0.15) is 18.0 Å². The van der Waals surface area contributed by atoms with Gasteiger partial charge in [0, 0.05) is 30.8 Å². The monoisotopic (exact) mass is 380 g/mol. The van der Waals surface area contributed by atoms with Crippen LogP contribution in [0.5, 0.6) is 0 Å². The maximum atomic E-state index is 13.0. The quantitative estimate of drug-likeness (QED) is 0.571. The maximum absolute atomic E-state index is 13.0. The van der Waals surface area contributed by atoms with Crippen molar-refractivity contribution in [2.75, 3.05) is 5.32 Å². The molecule has 0 fully saturated rings. The lowest BCUT2D eigenvalue weighted by Gasteiger charge is -2.04.